The molecule has 1 aliphatic heterocycles. The number of rotatable bonds is 4. The molecule has 0 aromatic heterocycles. The lowest BCUT2D eigenvalue weighted by atomic mass is 10.1. The number of benzene rings is 2. The molecule has 6 heteroatoms. The van der Waals surface area contributed by atoms with Gasteiger partial charge in [-0.15, -0.1) is 0 Å². The van der Waals surface area contributed by atoms with E-state index in [0.717, 1.165) is 27.8 Å². The van der Waals surface area contributed by atoms with E-state index in [0.29, 0.717) is 11.6 Å². The number of hydrogen-bond acceptors (Lipinski definition) is 2. The Morgan fingerprint density at radius 2 is 2.00 bits per heavy atom. The zero-order valence-corrected chi connectivity index (χ0v) is 16.1. The van der Waals surface area contributed by atoms with E-state index in [4.69, 9.17) is 11.6 Å². The third-order valence-corrected chi connectivity index (χ3v) is 5.09. The number of anilines is 2. The van der Waals surface area contributed by atoms with Crippen LogP contribution in [0.2, 0.25) is 5.02 Å². The lowest BCUT2D eigenvalue weighted by molar-refractivity contribution is -0.122. The number of nitrogens with zero attached hydrogens (tertiary/aromatic N) is 1. The van der Waals surface area contributed by atoms with Gasteiger partial charge >= 0.3 is 0 Å². The third-order valence-electron chi connectivity index (χ3n) is 4.34. The number of carbonyl (C=O) groups is 2. The van der Waals surface area contributed by atoms with Crippen LogP contribution in [0.25, 0.3) is 0 Å². The Balaban J connectivity index is 1.72. The summed E-state index contributed by atoms with van der Waals surface area (Å²) in [6, 6.07) is 12.9. The molecule has 2 amide bonds. The van der Waals surface area contributed by atoms with Crippen molar-refractivity contribution in [1.82, 2.24) is 0 Å². The van der Waals surface area contributed by atoms with Gasteiger partial charge in [-0.1, -0.05) is 34.5 Å². The predicted molar refractivity (Wildman–Crippen MR) is 104 cm³/mol. The number of nitrogens with one attached hydrogen (secondary N) is 1. The van der Waals surface area contributed by atoms with Gasteiger partial charge in [0.25, 0.3) is 0 Å². The van der Waals surface area contributed by atoms with Gasteiger partial charge in [0.05, 0.1) is 5.92 Å². The summed E-state index contributed by atoms with van der Waals surface area (Å²) >= 11 is 9.34. The molecule has 2 aromatic rings. The van der Waals surface area contributed by atoms with E-state index >= 15 is 0 Å². The molecule has 1 heterocycles. The first-order valence-corrected chi connectivity index (χ1v) is 9.30. The molecule has 4 nitrogen and oxygen atoms in total. The maximum atomic E-state index is 12.6. The summed E-state index contributed by atoms with van der Waals surface area (Å²) in [6.45, 7) is 2.42. The summed E-state index contributed by atoms with van der Waals surface area (Å²) in [7, 11) is 0. The zero-order valence-electron chi connectivity index (χ0n) is 13.8. The second-order valence-electron chi connectivity index (χ2n) is 6.03. The molecule has 3 rings (SSSR count). The minimum absolute atomic E-state index is 0.0472. The Labute approximate surface area is 160 Å². The molecule has 1 saturated heterocycles. The molecular formula is C19H18BrClN2O2. The first-order chi connectivity index (χ1) is 12.0. The molecule has 0 spiro atoms. The van der Waals surface area contributed by atoms with E-state index in [1.165, 1.54) is 0 Å². The van der Waals surface area contributed by atoms with E-state index in [1.807, 2.05) is 25.1 Å². The fourth-order valence-electron chi connectivity index (χ4n) is 2.97. The van der Waals surface area contributed by atoms with Crippen molar-refractivity contribution in [3.63, 3.8) is 0 Å². The maximum Gasteiger partial charge on any atom is 0.229 e. The molecule has 1 N–H and O–H groups in total. The normalized spacial score (nSPS) is 17.0. The second kappa shape index (κ2) is 7.58. The molecule has 0 unspecified atom stereocenters. The molecule has 25 heavy (non-hydrogen) atoms. The monoisotopic (exact) mass is 420 g/mol. The van der Waals surface area contributed by atoms with Crippen LogP contribution < -0.4 is 10.2 Å². The van der Waals surface area contributed by atoms with Gasteiger partial charge in [-0.05, 0) is 54.4 Å². The summed E-state index contributed by atoms with van der Waals surface area (Å²) in [5.41, 5.74) is 2.62. The number of amides is 2. The fourth-order valence-corrected chi connectivity index (χ4v) is 3.50. The van der Waals surface area contributed by atoms with E-state index in [-0.39, 0.29) is 24.2 Å². The van der Waals surface area contributed by atoms with Crippen LogP contribution in [0.3, 0.4) is 0 Å². The quantitative estimate of drug-likeness (QED) is 0.781. The van der Waals surface area contributed by atoms with Crippen LogP contribution in [-0.2, 0) is 16.0 Å². The average molecular weight is 422 g/mol. The van der Waals surface area contributed by atoms with Crippen LogP contribution in [0.4, 0.5) is 11.4 Å². The van der Waals surface area contributed by atoms with Crippen molar-refractivity contribution in [1.29, 1.82) is 0 Å². The summed E-state index contributed by atoms with van der Waals surface area (Å²) in [4.78, 5) is 26.6. The maximum absolute atomic E-state index is 12.6. The number of carbonyl (C=O) groups excluding carboxylic acids is 2. The van der Waals surface area contributed by atoms with Crippen molar-refractivity contribution in [3.8, 4) is 0 Å². The van der Waals surface area contributed by atoms with Crippen molar-refractivity contribution in [2.45, 2.75) is 19.8 Å². The van der Waals surface area contributed by atoms with Crippen molar-refractivity contribution >= 4 is 50.7 Å². The van der Waals surface area contributed by atoms with Gasteiger partial charge < -0.3 is 10.2 Å². The minimum Gasteiger partial charge on any atom is -0.326 e. The van der Waals surface area contributed by atoms with Crippen LogP contribution in [-0.4, -0.2) is 18.4 Å². The lowest BCUT2D eigenvalue weighted by Crippen LogP contribution is -2.28. The molecule has 0 saturated carbocycles. The Morgan fingerprint density at radius 3 is 2.68 bits per heavy atom. The summed E-state index contributed by atoms with van der Waals surface area (Å²) in [6.07, 6.45) is 1.03. The van der Waals surface area contributed by atoms with Gasteiger partial charge in [-0.25, -0.2) is 0 Å². The van der Waals surface area contributed by atoms with E-state index < -0.39 is 0 Å². The summed E-state index contributed by atoms with van der Waals surface area (Å²) in [5, 5.41) is 3.59. The molecule has 1 fully saturated rings. The smallest absolute Gasteiger partial charge is 0.229 e. The highest BCUT2D eigenvalue weighted by Gasteiger charge is 2.35. The Morgan fingerprint density at radius 1 is 1.28 bits per heavy atom. The van der Waals surface area contributed by atoms with E-state index in [1.54, 1.807) is 29.2 Å². The third kappa shape index (κ3) is 4.05. The molecule has 1 atom stereocenters. The van der Waals surface area contributed by atoms with Crippen LogP contribution in [0.1, 0.15) is 18.9 Å². The predicted octanol–water partition coefficient (Wildman–Crippen LogP) is 4.66. The van der Waals surface area contributed by atoms with Crippen molar-refractivity contribution in [2.75, 3.05) is 16.8 Å². The fraction of sp³-hybridized carbons (Fsp3) is 0.263. The van der Waals surface area contributed by atoms with Crippen LogP contribution >= 0.6 is 27.5 Å². The molecule has 0 bridgehead atoms. The number of hydrogen-bond donors (Lipinski definition) is 1. The van der Waals surface area contributed by atoms with Crippen molar-refractivity contribution < 1.29 is 9.59 Å². The second-order valence-corrected chi connectivity index (χ2v) is 7.38. The molecular weight excluding hydrogens is 404 g/mol. The minimum atomic E-state index is -0.364. The summed E-state index contributed by atoms with van der Waals surface area (Å²) < 4.78 is 0.979. The van der Waals surface area contributed by atoms with Crippen LogP contribution in [0, 0.1) is 5.92 Å². The average Bonchev–Trinajstić information content (AvgIpc) is 2.99. The number of aryl methyl sites for hydroxylation is 1. The van der Waals surface area contributed by atoms with Crippen LogP contribution in [0.15, 0.2) is 46.9 Å². The van der Waals surface area contributed by atoms with Gasteiger partial charge in [-0.3, -0.25) is 9.59 Å². The van der Waals surface area contributed by atoms with Crippen molar-refractivity contribution in [2.24, 2.45) is 5.92 Å². The molecule has 1 aliphatic rings. The SMILES string of the molecule is CCc1cc(Br)ccc1NC(=O)[C@@H]1CC(=O)N(c2ccc(Cl)cc2)C1. The van der Waals surface area contributed by atoms with Gasteiger partial charge in [0, 0.05) is 33.8 Å². The number of halogens is 2. The Kier molecular flexibility index (Phi) is 5.45. The van der Waals surface area contributed by atoms with E-state index in [9.17, 15) is 9.59 Å². The highest BCUT2D eigenvalue weighted by atomic mass is 79.9. The van der Waals surface area contributed by atoms with Crippen LogP contribution in [0.5, 0.6) is 0 Å². The first-order valence-electron chi connectivity index (χ1n) is 8.13. The molecule has 2 aromatic carbocycles. The lowest BCUT2D eigenvalue weighted by Gasteiger charge is -2.17. The Hall–Kier alpha value is -1.85. The highest BCUT2D eigenvalue weighted by molar-refractivity contribution is 9.10. The zero-order chi connectivity index (χ0) is 18.0. The molecule has 0 radical (unpaired) electrons. The summed E-state index contributed by atoms with van der Waals surface area (Å²) in [5.74, 6) is -0.535. The largest absolute Gasteiger partial charge is 0.326 e. The van der Waals surface area contributed by atoms with Gasteiger partial charge in [-0.2, -0.15) is 0 Å². The molecule has 0 aliphatic carbocycles. The van der Waals surface area contributed by atoms with Crippen molar-refractivity contribution in [3.05, 3.63) is 57.5 Å². The highest BCUT2D eigenvalue weighted by Crippen LogP contribution is 2.28. The van der Waals surface area contributed by atoms with Gasteiger partial charge in [0.15, 0.2) is 0 Å². The topological polar surface area (TPSA) is 49.4 Å². The Bertz CT molecular complexity index is 808. The van der Waals surface area contributed by atoms with Gasteiger partial charge in [0.1, 0.15) is 0 Å². The molecule has 130 valence electrons. The van der Waals surface area contributed by atoms with Gasteiger partial charge in [0.2, 0.25) is 11.8 Å². The van der Waals surface area contributed by atoms with E-state index in [2.05, 4.69) is 21.2 Å². The first kappa shape index (κ1) is 18.0. The standard InChI is InChI=1S/C19H18BrClN2O2/c1-2-12-9-14(20)3-8-17(12)22-19(25)13-10-18(24)23(11-13)16-6-4-15(21)5-7-16/h3-9,13H,2,10-11H2,1H3,(H,22,25)/t13-/m1/s1.